The summed E-state index contributed by atoms with van der Waals surface area (Å²) in [5.41, 5.74) is 5.52. The van der Waals surface area contributed by atoms with Crippen LogP contribution in [0.5, 0.6) is 0 Å². The highest BCUT2D eigenvalue weighted by molar-refractivity contribution is 7.89. The Morgan fingerprint density at radius 2 is 1.94 bits per heavy atom. The van der Waals surface area contributed by atoms with Crippen molar-refractivity contribution in [1.82, 2.24) is 4.31 Å². The Kier molecular flexibility index (Phi) is 5.02. The lowest BCUT2D eigenvalue weighted by molar-refractivity contribution is -0.134. The summed E-state index contributed by atoms with van der Waals surface area (Å²) >= 11 is 0. The molecule has 1 atom stereocenters. The third kappa shape index (κ3) is 4.74. The van der Waals surface area contributed by atoms with Crippen LogP contribution in [0.15, 0.2) is 0 Å². The smallest absolute Gasteiger partial charge is 0.329 e. The number of hydrogen-bond acceptors (Lipinski definition) is 3. The molecular weight excluding hydrogens is 269 g/mol. The lowest BCUT2D eigenvalue weighted by Gasteiger charge is -2.26. The molecule has 0 radical (unpaired) electrons. The third-order valence-electron chi connectivity index (χ3n) is 3.18. The van der Waals surface area contributed by atoms with E-state index in [1.165, 1.54) is 7.05 Å². The van der Waals surface area contributed by atoms with Gasteiger partial charge in [0, 0.05) is 26.1 Å². The molecule has 1 aliphatic carbocycles. The summed E-state index contributed by atoms with van der Waals surface area (Å²) in [5, 5.41) is 0. The zero-order valence-corrected chi connectivity index (χ0v) is 11.1. The molecule has 0 aliphatic heterocycles. The van der Waals surface area contributed by atoms with Crippen LogP contribution in [0.4, 0.5) is 13.2 Å². The van der Waals surface area contributed by atoms with Gasteiger partial charge in [-0.25, -0.2) is 12.7 Å². The zero-order chi connectivity index (χ0) is 14.0. The number of nitrogens with two attached hydrogens (primary N) is 1. The van der Waals surface area contributed by atoms with E-state index in [1.807, 2.05) is 0 Å². The van der Waals surface area contributed by atoms with Gasteiger partial charge in [-0.1, -0.05) is 0 Å². The SMILES string of the molecule is CN(C(CN)C1CC1)S(=O)(=O)CCCC(F)(F)F. The Bertz CT molecular complexity index is 366. The Morgan fingerprint density at radius 1 is 1.39 bits per heavy atom. The zero-order valence-electron chi connectivity index (χ0n) is 10.3. The Morgan fingerprint density at radius 3 is 2.33 bits per heavy atom. The predicted molar refractivity (Wildman–Crippen MR) is 62.4 cm³/mol. The van der Waals surface area contributed by atoms with E-state index in [0.29, 0.717) is 0 Å². The Balaban J connectivity index is 2.51. The second-order valence-electron chi connectivity index (χ2n) is 4.69. The molecule has 0 aromatic rings. The molecule has 18 heavy (non-hydrogen) atoms. The van der Waals surface area contributed by atoms with E-state index in [-0.39, 0.29) is 18.5 Å². The summed E-state index contributed by atoms with van der Waals surface area (Å²) in [6.07, 6.45) is -3.92. The highest BCUT2D eigenvalue weighted by atomic mass is 32.2. The van der Waals surface area contributed by atoms with Crippen molar-refractivity contribution in [2.24, 2.45) is 11.7 Å². The number of hydrogen-bond donors (Lipinski definition) is 1. The number of rotatable bonds is 7. The van der Waals surface area contributed by atoms with E-state index >= 15 is 0 Å². The summed E-state index contributed by atoms with van der Waals surface area (Å²) in [6, 6.07) is -0.277. The minimum Gasteiger partial charge on any atom is -0.329 e. The molecular formula is C10H19F3N2O2S. The van der Waals surface area contributed by atoms with E-state index in [2.05, 4.69) is 0 Å². The monoisotopic (exact) mass is 288 g/mol. The first-order valence-corrected chi connectivity index (χ1v) is 7.51. The number of halogens is 3. The normalized spacial score (nSPS) is 19.2. The fraction of sp³-hybridized carbons (Fsp3) is 1.00. The standard InChI is InChI=1S/C10H19F3N2O2S/c1-15(9(7-14)8-3-4-8)18(16,17)6-2-5-10(11,12)13/h8-9H,2-7,14H2,1H3. The van der Waals surface area contributed by atoms with Crippen LogP contribution in [0.1, 0.15) is 25.7 Å². The maximum absolute atomic E-state index is 12.0. The van der Waals surface area contributed by atoms with Crippen LogP contribution in [0.2, 0.25) is 0 Å². The summed E-state index contributed by atoms with van der Waals surface area (Å²) in [6.45, 7) is 0.208. The van der Waals surface area contributed by atoms with Gasteiger partial charge in [0.15, 0.2) is 0 Å². The average Bonchev–Trinajstić information content (AvgIpc) is 3.00. The molecule has 4 nitrogen and oxygen atoms in total. The van der Waals surface area contributed by atoms with Gasteiger partial charge in [-0.2, -0.15) is 13.2 Å². The van der Waals surface area contributed by atoms with Crippen LogP contribution in [0.25, 0.3) is 0 Å². The fourth-order valence-electron chi connectivity index (χ4n) is 1.92. The van der Waals surface area contributed by atoms with Gasteiger partial charge in [0.1, 0.15) is 0 Å². The van der Waals surface area contributed by atoms with Crippen LogP contribution >= 0.6 is 0 Å². The van der Waals surface area contributed by atoms with Crippen molar-refractivity contribution in [1.29, 1.82) is 0 Å². The van der Waals surface area contributed by atoms with Crippen LogP contribution < -0.4 is 5.73 Å². The van der Waals surface area contributed by atoms with E-state index in [1.54, 1.807) is 0 Å². The van der Waals surface area contributed by atoms with Crippen molar-refractivity contribution in [3.05, 3.63) is 0 Å². The van der Waals surface area contributed by atoms with Crippen LogP contribution in [-0.4, -0.2) is 44.3 Å². The van der Waals surface area contributed by atoms with Gasteiger partial charge in [0.25, 0.3) is 0 Å². The molecule has 1 rings (SSSR count). The van der Waals surface area contributed by atoms with Crippen molar-refractivity contribution in [3.63, 3.8) is 0 Å². The van der Waals surface area contributed by atoms with Crippen molar-refractivity contribution in [2.75, 3.05) is 19.3 Å². The second-order valence-corrected chi connectivity index (χ2v) is 6.84. The van der Waals surface area contributed by atoms with Gasteiger partial charge >= 0.3 is 6.18 Å². The maximum atomic E-state index is 12.0. The van der Waals surface area contributed by atoms with Crippen molar-refractivity contribution in [2.45, 2.75) is 37.9 Å². The molecule has 0 amide bonds. The Hall–Kier alpha value is -0.340. The Labute approximate surface area is 105 Å². The molecule has 108 valence electrons. The first-order valence-electron chi connectivity index (χ1n) is 5.90. The lowest BCUT2D eigenvalue weighted by Crippen LogP contribution is -2.44. The minimum atomic E-state index is -4.31. The average molecular weight is 288 g/mol. The van der Waals surface area contributed by atoms with Crippen LogP contribution in [0.3, 0.4) is 0 Å². The van der Waals surface area contributed by atoms with Gasteiger partial charge in [0.05, 0.1) is 5.75 Å². The number of nitrogens with zero attached hydrogens (tertiary/aromatic N) is 1. The molecule has 1 unspecified atom stereocenters. The first kappa shape index (κ1) is 15.7. The molecule has 0 heterocycles. The fourth-order valence-corrected chi connectivity index (χ4v) is 3.39. The molecule has 1 aliphatic rings. The molecule has 8 heteroatoms. The highest BCUT2D eigenvalue weighted by Gasteiger charge is 2.37. The van der Waals surface area contributed by atoms with Crippen LogP contribution in [0, 0.1) is 5.92 Å². The van der Waals surface area contributed by atoms with Crippen molar-refractivity contribution < 1.29 is 21.6 Å². The quantitative estimate of drug-likeness (QED) is 0.768. The van der Waals surface area contributed by atoms with Crippen LogP contribution in [-0.2, 0) is 10.0 Å². The van der Waals surface area contributed by atoms with Crippen molar-refractivity contribution in [3.8, 4) is 0 Å². The number of likely N-dealkylation sites (N-methyl/N-ethyl adjacent to an activating group) is 1. The second kappa shape index (κ2) is 5.75. The molecule has 0 aromatic carbocycles. The molecule has 0 spiro atoms. The predicted octanol–water partition coefficient (Wildman–Crippen LogP) is 1.33. The summed E-state index contributed by atoms with van der Waals surface area (Å²) in [5.74, 6) is -0.218. The van der Waals surface area contributed by atoms with Gasteiger partial charge in [0.2, 0.25) is 10.0 Å². The number of alkyl halides is 3. The summed E-state index contributed by atoms with van der Waals surface area (Å²) in [7, 11) is -2.24. The van der Waals surface area contributed by atoms with Gasteiger partial charge < -0.3 is 5.73 Å². The molecule has 1 saturated carbocycles. The van der Waals surface area contributed by atoms with E-state index in [4.69, 9.17) is 5.73 Å². The first-order chi connectivity index (χ1) is 8.17. The van der Waals surface area contributed by atoms with Crippen molar-refractivity contribution >= 4 is 10.0 Å². The van der Waals surface area contributed by atoms with E-state index < -0.39 is 34.8 Å². The third-order valence-corrected chi connectivity index (χ3v) is 5.13. The maximum Gasteiger partial charge on any atom is 0.389 e. The van der Waals surface area contributed by atoms with E-state index in [9.17, 15) is 21.6 Å². The summed E-state index contributed by atoms with van der Waals surface area (Å²) < 4.78 is 60.8. The number of sulfonamides is 1. The van der Waals surface area contributed by atoms with Gasteiger partial charge in [-0.3, -0.25) is 0 Å². The molecule has 2 N–H and O–H groups in total. The molecule has 0 bridgehead atoms. The molecule has 1 fully saturated rings. The largest absolute Gasteiger partial charge is 0.389 e. The minimum absolute atomic E-state index is 0.208. The van der Waals surface area contributed by atoms with E-state index in [0.717, 1.165) is 17.1 Å². The topological polar surface area (TPSA) is 63.4 Å². The highest BCUT2D eigenvalue weighted by Crippen LogP contribution is 2.35. The molecule has 0 aromatic heterocycles. The lowest BCUT2D eigenvalue weighted by atomic mass is 10.2. The molecule has 0 saturated heterocycles. The van der Waals surface area contributed by atoms with Gasteiger partial charge in [-0.15, -0.1) is 0 Å². The van der Waals surface area contributed by atoms with Gasteiger partial charge in [-0.05, 0) is 25.2 Å². The summed E-state index contributed by atoms with van der Waals surface area (Å²) in [4.78, 5) is 0.